The first-order valence-electron chi connectivity index (χ1n) is 6.94. The molecule has 0 radical (unpaired) electrons. The SMILES string of the molecule is CCNc1cc(NCCCC(F)(F)F)nc(COCC)n1. The maximum atomic E-state index is 12.1. The third kappa shape index (κ3) is 7.69. The highest BCUT2D eigenvalue weighted by Gasteiger charge is 2.25. The molecule has 21 heavy (non-hydrogen) atoms. The normalized spacial score (nSPS) is 11.5. The van der Waals surface area contributed by atoms with Crippen molar-refractivity contribution in [2.75, 3.05) is 30.3 Å². The molecular formula is C13H21F3N4O. The molecule has 0 fully saturated rings. The molecule has 8 heteroatoms. The zero-order valence-electron chi connectivity index (χ0n) is 12.3. The molecule has 0 unspecified atom stereocenters. The summed E-state index contributed by atoms with van der Waals surface area (Å²) in [5.74, 6) is 1.62. The van der Waals surface area contributed by atoms with Crippen molar-refractivity contribution >= 4 is 11.6 Å². The Hall–Kier alpha value is -1.57. The van der Waals surface area contributed by atoms with Crippen LogP contribution in [0.25, 0.3) is 0 Å². The lowest BCUT2D eigenvalue weighted by molar-refractivity contribution is -0.134. The maximum absolute atomic E-state index is 12.1. The Balaban J connectivity index is 2.60. The van der Waals surface area contributed by atoms with Crippen LogP contribution in [0.5, 0.6) is 0 Å². The van der Waals surface area contributed by atoms with Gasteiger partial charge in [-0.1, -0.05) is 0 Å². The summed E-state index contributed by atoms with van der Waals surface area (Å²) in [5, 5.41) is 5.94. The molecule has 0 aromatic carbocycles. The van der Waals surface area contributed by atoms with Crippen LogP contribution in [0.4, 0.5) is 24.8 Å². The number of ether oxygens (including phenoxy) is 1. The first kappa shape index (κ1) is 17.5. The molecule has 120 valence electrons. The standard InChI is InChI=1S/C13H21F3N4O/c1-3-17-10-8-11(18-7-5-6-13(14,15)16)20-12(19-10)9-21-4-2/h8H,3-7,9H2,1-2H3,(H2,17,18,19,20). The lowest BCUT2D eigenvalue weighted by Crippen LogP contribution is -2.13. The fourth-order valence-corrected chi connectivity index (χ4v) is 1.62. The van der Waals surface area contributed by atoms with Crippen molar-refractivity contribution in [2.24, 2.45) is 0 Å². The van der Waals surface area contributed by atoms with Gasteiger partial charge in [0.1, 0.15) is 18.2 Å². The molecule has 0 bridgehead atoms. The van der Waals surface area contributed by atoms with E-state index in [9.17, 15) is 13.2 Å². The van der Waals surface area contributed by atoms with E-state index in [1.807, 2.05) is 13.8 Å². The van der Waals surface area contributed by atoms with E-state index in [4.69, 9.17) is 4.74 Å². The first-order chi connectivity index (χ1) is 9.94. The molecule has 1 rings (SSSR count). The summed E-state index contributed by atoms with van der Waals surface area (Å²) < 4.78 is 41.5. The number of nitrogens with zero attached hydrogens (tertiary/aromatic N) is 2. The van der Waals surface area contributed by atoms with E-state index in [2.05, 4.69) is 20.6 Å². The minimum absolute atomic E-state index is 0.00480. The van der Waals surface area contributed by atoms with Crippen LogP contribution >= 0.6 is 0 Å². The van der Waals surface area contributed by atoms with Crippen molar-refractivity contribution in [3.63, 3.8) is 0 Å². The molecule has 2 N–H and O–H groups in total. The second-order valence-electron chi connectivity index (χ2n) is 4.37. The third-order valence-corrected chi connectivity index (χ3v) is 2.51. The van der Waals surface area contributed by atoms with Crippen molar-refractivity contribution in [2.45, 2.75) is 39.5 Å². The number of alkyl halides is 3. The zero-order chi connectivity index (χ0) is 15.7. The molecular weight excluding hydrogens is 285 g/mol. The van der Waals surface area contributed by atoms with Crippen molar-refractivity contribution in [1.82, 2.24) is 9.97 Å². The predicted octanol–water partition coefficient (Wildman–Crippen LogP) is 3.20. The number of nitrogens with one attached hydrogen (secondary N) is 2. The Morgan fingerprint density at radius 3 is 2.38 bits per heavy atom. The minimum atomic E-state index is -4.12. The van der Waals surface area contributed by atoms with Crippen LogP contribution in [0.2, 0.25) is 0 Å². The molecule has 0 spiro atoms. The van der Waals surface area contributed by atoms with Crippen LogP contribution in [-0.4, -0.2) is 35.8 Å². The Morgan fingerprint density at radius 1 is 1.14 bits per heavy atom. The maximum Gasteiger partial charge on any atom is 0.389 e. The van der Waals surface area contributed by atoms with E-state index in [1.165, 1.54) is 0 Å². The quantitative estimate of drug-likeness (QED) is 0.686. The van der Waals surface area contributed by atoms with Gasteiger partial charge in [0.05, 0.1) is 0 Å². The molecule has 5 nitrogen and oxygen atoms in total. The summed E-state index contributed by atoms with van der Waals surface area (Å²) in [6, 6.07) is 1.67. The summed E-state index contributed by atoms with van der Waals surface area (Å²) in [6.45, 7) is 5.51. The van der Waals surface area contributed by atoms with E-state index >= 15 is 0 Å². The first-order valence-corrected chi connectivity index (χ1v) is 6.94. The van der Waals surface area contributed by atoms with Crippen molar-refractivity contribution in [3.05, 3.63) is 11.9 Å². The second-order valence-corrected chi connectivity index (χ2v) is 4.37. The predicted molar refractivity (Wildman–Crippen MR) is 75.3 cm³/mol. The number of halogens is 3. The number of anilines is 2. The second kappa shape index (κ2) is 8.66. The number of hydrogen-bond acceptors (Lipinski definition) is 5. The van der Waals surface area contributed by atoms with E-state index in [-0.39, 0.29) is 19.6 Å². The van der Waals surface area contributed by atoms with Crippen molar-refractivity contribution in [1.29, 1.82) is 0 Å². The van der Waals surface area contributed by atoms with E-state index in [0.29, 0.717) is 30.6 Å². The van der Waals surface area contributed by atoms with Gasteiger partial charge in [-0.15, -0.1) is 0 Å². The van der Waals surface area contributed by atoms with Gasteiger partial charge in [0.25, 0.3) is 0 Å². The molecule has 1 aromatic rings. The summed E-state index contributed by atoms with van der Waals surface area (Å²) in [6.07, 6.45) is -4.93. The van der Waals surface area contributed by atoms with Crippen LogP contribution in [-0.2, 0) is 11.3 Å². The number of aromatic nitrogens is 2. The Bertz CT molecular complexity index is 426. The Morgan fingerprint density at radius 2 is 1.81 bits per heavy atom. The van der Waals surface area contributed by atoms with Crippen LogP contribution in [0, 0.1) is 0 Å². The van der Waals surface area contributed by atoms with Crippen LogP contribution in [0.3, 0.4) is 0 Å². The Kier molecular flexibility index (Phi) is 7.21. The topological polar surface area (TPSA) is 59.1 Å². The van der Waals surface area contributed by atoms with Crippen LogP contribution in [0.15, 0.2) is 6.07 Å². The van der Waals surface area contributed by atoms with Gasteiger partial charge in [-0.05, 0) is 20.3 Å². The molecule has 0 aliphatic carbocycles. The minimum Gasteiger partial charge on any atom is -0.374 e. The highest BCUT2D eigenvalue weighted by atomic mass is 19.4. The number of hydrogen-bond donors (Lipinski definition) is 2. The lowest BCUT2D eigenvalue weighted by Gasteiger charge is -2.11. The molecule has 0 saturated heterocycles. The van der Waals surface area contributed by atoms with Crippen molar-refractivity contribution < 1.29 is 17.9 Å². The molecule has 1 aromatic heterocycles. The highest BCUT2D eigenvalue weighted by molar-refractivity contribution is 5.47. The van der Waals surface area contributed by atoms with E-state index in [1.54, 1.807) is 6.07 Å². The smallest absolute Gasteiger partial charge is 0.374 e. The molecule has 0 amide bonds. The zero-order valence-corrected chi connectivity index (χ0v) is 12.3. The van der Waals surface area contributed by atoms with Gasteiger partial charge in [0.2, 0.25) is 0 Å². The van der Waals surface area contributed by atoms with Gasteiger partial charge in [-0.2, -0.15) is 13.2 Å². The monoisotopic (exact) mass is 306 g/mol. The van der Waals surface area contributed by atoms with E-state index < -0.39 is 12.6 Å². The summed E-state index contributed by atoms with van der Waals surface area (Å²) in [7, 11) is 0. The summed E-state index contributed by atoms with van der Waals surface area (Å²) in [5.41, 5.74) is 0. The number of rotatable bonds is 9. The van der Waals surface area contributed by atoms with Crippen LogP contribution in [0.1, 0.15) is 32.5 Å². The van der Waals surface area contributed by atoms with Gasteiger partial charge in [-0.3, -0.25) is 0 Å². The Labute approximate surface area is 122 Å². The third-order valence-electron chi connectivity index (χ3n) is 2.51. The largest absolute Gasteiger partial charge is 0.389 e. The van der Waals surface area contributed by atoms with Gasteiger partial charge in [0.15, 0.2) is 5.82 Å². The fourth-order valence-electron chi connectivity index (χ4n) is 1.62. The van der Waals surface area contributed by atoms with E-state index in [0.717, 1.165) is 0 Å². The van der Waals surface area contributed by atoms with Gasteiger partial charge in [-0.25, -0.2) is 9.97 Å². The summed E-state index contributed by atoms with van der Waals surface area (Å²) in [4.78, 5) is 8.48. The van der Waals surface area contributed by atoms with Crippen LogP contribution < -0.4 is 10.6 Å². The molecule has 1 heterocycles. The van der Waals surface area contributed by atoms with Crippen molar-refractivity contribution in [3.8, 4) is 0 Å². The summed E-state index contributed by atoms with van der Waals surface area (Å²) >= 11 is 0. The van der Waals surface area contributed by atoms with Gasteiger partial charge >= 0.3 is 6.18 Å². The molecule has 0 aliphatic rings. The average molecular weight is 306 g/mol. The molecule has 0 aliphatic heterocycles. The average Bonchev–Trinajstić information content (AvgIpc) is 2.41. The fraction of sp³-hybridized carbons (Fsp3) is 0.692. The highest BCUT2D eigenvalue weighted by Crippen LogP contribution is 2.21. The van der Waals surface area contributed by atoms with Gasteiger partial charge in [0, 0.05) is 32.2 Å². The van der Waals surface area contributed by atoms with Gasteiger partial charge < -0.3 is 15.4 Å². The lowest BCUT2D eigenvalue weighted by atomic mass is 10.3. The molecule has 0 atom stereocenters. The molecule has 0 saturated carbocycles.